The van der Waals surface area contributed by atoms with E-state index in [0.29, 0.717) is 11.6 Å². The molecule has 0 spiro atoms. The van der Waals surface area contributed by atoms with Crippen molar-refractivity contribution in [3.05, 3.63) is 65.4 Å². The molecule has 0 radical (unpaired) electrons. The minimum Gasteiger partial charge on any atom is -0.497 e. The van der Waals surface area contributed by atoms with E-state index in [4.69, 9.17) is 16.3 Å². The quantitative estimate of drug-likeness (QED) is 0.769. The first-order chi connectivity index (χ1) is 10.3. The van der Waals surface area contributed by atoms with Gasteiger partial charge in [-0.15, -0.1) is 0 Å². The van der Waals surface area contributed by atoms with Crippen LogP contribution in [-0.4, -0.2) is 12.1 Å². The summed E-state index contributed by atoms with van der Waals surface area (Å²) in [6, 6.07) is 14.2. The molecular formula is C17H15ClN2O. The molecule has 0 aliphatic carbocycles. The molecule has 0 fully saturated rings. The molecule has 0 unspecified atom stereocenters. The van der Waals surface area contributed by atoms with Crippen molar-refractivity contribution >= 4 is 28.1 Å². The van der Waals surface area contributed by atoms with Crippen LogP contribution < -0.4 is 10.1 Å². The number of methoxy groups -OCH3 is 1. The van der Waals surface area contributed by atoms with Crippen molar-refractivity contribution in [3.8, 4) is 5.75 Å². The molecule has 0 atom stereocenters. The van der Waals surface area contributed by atoms with Gasteiger partial charge in [-0.05, 0) is 40.6 Å². The predicted molar refractivity (Wildman–Crippen MR) is 87.1 cm³/mol. The van der Waals surface area contributed by atoms with E-state index < -0.39 is 0 Å². The first-order valence-corrected chi connectivity index (χ1v) is 7.04. The van der Waals surface area contributed by atoms with Gasteiger partial charge in [-0.25, -0.2) is 0 Å². The summed E-state index contributed by atoms with van der Waals surface area (Å²) in [5.41, 5.74) is 2.03. The number of hydrogen-bond donors (Lipinski definition) is 1. The summed E-state index contributed by atoms with van der Waals surface area (Å²) in [5.74, 6) is 0.871. The smallest absolute Gasteiger partial charge is 0.119 e. The average molecular weight is 299 g/mol. The number of ether oxygens (including phenoxy) is 1. The molecule has 106 valence electrons. The normalized spacial score (nSPS) is 10.6. The number of anilines is 1. The zero-order valence-electron chi connectivity index (χ0n) is 11.6. The van der Waals surface area contributed by atoms with Crippen LogP contribution in [0.4, 0.5) is 5.69 Å². The SMILES string of the molecule is COc1ccc2cc(CNc3cnccc3Cl)ccc2c1. The van der Waals surface area contributed by atoms with E-state index in [-0.39, 0.29) is 0 Å². The van der Waals surface area contributed by atoms with Crippen LogP contribution in [-0.2, 0) is 6.54 Å². The highest BCUT2D eigenvalue weighted by Gasteiger charge is 2.01. The molecule has 4 heteroatoms. The summed E-state index contributed by atoms with van der Waals surface area (Å²) in [4.78, 5) is 4.07. The zero-order chi connectivity index (χ0) is 14.7. The Balaban J connectivity index is 1.80. The van der Waals surface area contributed by atoms with E-state index in [1.165, 1.54) is 10.9 Å². The van der Waals surface area contributed by atoms with Crippen LogP contribution in [0.15, 0.2) is 54.9 Å². The Labute approximate surface area is 128 Å². The largest absolute Gasteiger partial charge is 0.497 e. The number of fused-ring (bicyclic) bond motifs is 1. The van der Waals surface area contributed by atoms with Gasteiger partial charge in [0.15, 0.2) is 0 Å². The lowest BCUT2D eigenvalue weighted by Gasteiger charge is -2.09. The van der Waals surface area contributed by atoms with Gasteiger partial charge >= 0.3 is 0 Å². The zero-order valence-corrected chi connectivity index (χ0v) is 12.4. The molecule has 3 nitrogen and oxygen atoms in total. The van der Waals surface area contributed by atoms with Gasteiger partial charge in [-0.1, -0.05) is 29.8 Å². The lowest BCUT2D eigenvalue weighted by Crippen LogP contribution is -2.00. The van der Waals surface area contributed by atoms with Crippen LogP contribution in [0.3, 0.4) is 0 Å². The van der Waals surface area contributed by atoms with E-state index in [9.17, 15) is 0 Å². The van der Waals surface area contributed by atoms with Crippen LogP contribution in [0.1, 0.15) is 5.56 Å². The number of nitrogens with one attached hydrogen (secondary N) is 1. The summed E-state index contributed by atoms with van der Waals surface area (Å²) < 4.78 is 5.24. The lowest BCUT2D eigenvalue weighted by molar-refractivity contribution is 0.415. The Morgan fingerprint density at radius 2 is 1.90 bits per heavy atom. The van der Waals surface area contributed by atoms with Gasteiger partial charge < -0.3 is 10.1 Å². The van der Waals surface area contributed by atoms with Gasteiger partial charge in [0.2, 0.25) is 0 Å². The number of benzene rings is 2. The van der Waals surface area contributed by atoms with Crippen LogP contribution in [0, 0.1) is 0 Å². The van der Waals surface area contributed by atoms with Gasteiger partial charge in [-0.2, -0.15) is 0 Å². The molecule has 0 saturated carbocycles. The fourth-order valence-electron chi connectivity index (χ4n) is 2.22. The van der Waals surface area contributed by atoms with Crippen LogP contribution in [0.5, 0.6) is 5.75 Å². The molecule has 21 heavy (non-hydrogen) atoms. The third-order valence-electron chi connectivity index (χ3n) is 3.36. The molecular weight excluding hydrogens is 284 g/mol. The van der Waals surface area contributed by atoms with E-state index in [0.717, 1.165) is 16.8 Å². The van der Waals surface area contributed by atoms with E-state index in [1.54, 1.807) is 25.6 Å². The minimum atomic E-state index is 0.676. The molecule has 3 aromatic rings. The molecule has 2 aromatic carbocycles. The van der Waals surface area contributed by atoms with Gasteiger partial charge in [0, 0.05) is 12.7 Å². The first kappa shape index (κ1) is 13.7. The first-order valence-electron chi connectivity index (χ1n) is 6.66. The molecule has 1 N–H and O–H groups in total. The Bertz CT molecular complexity index is 774. The maximum Gasteiger partial charge on any atom is 0.119 e. The average Bonchev–Trinajstić information content (AvgIpc) is 2.53. The van der Waals surface area contributed by atoms with Crippen molar-refractivity contribution < 1.29 is 4.74 Å². The van der Waals surface area contributed by atoms with Gasteiger partial charge in [-0.3, -0.25) is 4.98 Å². The number of rotatable bonds is 4. The van der Waals surface area contributed by atoms with E-state index in [2.05, 4.69) is 34.6 Å². The number of hydrogen-bond acceptors (Lipinski definition) is 3. The minimum absolute atomic E-state index is 0.676. The third kappa shape index (κ3) is 3.09. The fraction of sp³-hybridized carbons (Fsp3) is 0.118. The summed E-state index contributed by atoms with van der Waals surface area (Å²) in [6.07, 6.45) is 3.41. The van der Waals surface area contributed by atoms with Crippen molar-refractivity contribution in [2.75, 3.05) is 12.4 Å². The van der Waals surface area contributed by atoms with Crippen molar-refractivity contribution in [2.45, 2.75) is 6.54 Å². The molecule has 3 rings (SSSR count). The van der Waals surface area contributed by atoms with Crippen LogP contribution >= 0.6 is 11.6 Å². The summed E-state index contributed by atoms with van der Waals surface area (Å²) in [5, 5.41) is 6.33. The number of nitrogens with zero attached hydrogens (tertiary/aromatic N) is 1. The highest BCUT2D eigenvalue weighted by atomic mass is 35.5. The maximum absolute atomic E-state index is 6.10. The third-order valence-corrected chi connectivity index (χ3v) is 3.69. The fourth-order valence-corrected chi connectivity index (χ4v) is 2.39. The van der Waals surface area contributed by atoms with Gasteiger partial charge in [0.1, 0.15) is 5.75 Å². The van der Waals surface area contributed by atoms with Gasteiger partial charge in [0.05, 0.1) is 24.0 Å². The maximum atomic E-state index is 6.10. The highest BCUT2D eigenvalue weighted by molar-refractivity contribution is 6.33. The number of aromatic nitrogens is 1. The van der Waals surface area contributed by atoms with Crippen molar-refractivity contribution in [1.29, 1.82) is 0 Å². The van der Waals surface area contributed by atoms with E-state index in [1.807, 2.05) is 12.1 Å². The molecule has 0 saturated heterocycles. The molecule has 1 heterocycles. The molecule has 0 amide bonds. The molecule has 0 bridgehead atoms. The van der Waals surface area contributed by atoms with Crippen molar-refractivity contribution in [3.63, 3.8) is 0 Å². The lowest BCUT2D eigenvalue weighted by atomic mass is 10.1. The molecule has 0 aliphatic heterocycles. The second-order valence-corrected chi connectivity index (χ2v) is 5.16. The van der Waals surface area contributed by atoms with E-state index >= 15 is 0 Å². The van der Waals surface area contributed by atoms with Crippen molar-refractivity contribution in [2.24, 2.45) is 0 Å². The Morgan fingerprint density at radius 1 is 1.10 bits per heavy atom. The van der Waals surface area contributed by atoms with Crippen LogP contribution in [0.2, 0.25) is 5.02 Å². The second kappa shape index (κ2) is 6.02. The topological polar surface area (TPSA) is 34.1 Å². The highest BCUT2D eigenvalue weighted by Crippen LogP contribution is 2.23. The van der Waals surface area contributed by atoms with Crippen molar-refractivity contribution in [1.82, 2.24) is 4.98 Å². The van der Waals surface area contributed by atoms with Crippen LogP contribution in [0.25, 0.3) is 10.8 Å². The summed E-state index contributed by atoms with van der Waals surface area (Å²) >= 11 is 6.10. The Kier molecular flexibility index (Phi) is 3.93. The standard InChI is InChI=1S/C17H15ClN2O/c1-21-15-5-4-13-8-12(2-3-14(13)9-15)10-20-17-11-19-7-6-16(17)18/h2-9,11,20H,10H2,1H3. The Morgan fingerprint density at radius 3 is 2.71 bits per heavy atom. The summed E-state index contributed by atoms with van der Waals surface area (Å²) in [7, 11) is 1.68. The number of pyridine rings is 1. The summed E-state index contributed by atoms with van der Waals surface area (Å²) in [6.45, 7) is 0.702. The predicted octanol–water partition coefficient (Wildman–Crippen LogP) is 4.51. The monoisotopic (exact) mass is 298 g/mol. The molecule has 0 aliphatic rings. The second-order valence-electron chi connectivity index (χ2n) is 4.76. The number of halogens is 1. The van der Waals surface area contributed by atoms with Gasteiger partial charge in [0.25, 0.3) is 0 Å². The molecule has 1 aromatic heterocycles. The Hall–Kier alpha value is -2.26.